The molecule has 2 rings (SSSR count). The van der Waals surface area contributed by atoms with Crippen molar-refractivity contribution in [2.75, 3.05) is 31.2 Å². The van der Waals surface area contributed by atoms with Crippen molar-refractivity contribution in [3.8, 4) is 0 Å². The number of ether oxygens (including phenoxy) is 1. The third-order valence-electron chi connectivity index (χ3n) is 1.89. The van der Waals surface area contributed by atoms with Gasteiger partial charge >= 0.3 is 0 Å². The van der Waals surface area contributed by atoms with E-state index in [0.29, 0.717) is 0 Å². The molecule has 12 heavy (non-hydrogen) atoms. The first kappa shape index (κ1) is 7.61. The summed E-state index contributed by atoms with van der Waals surface area (Å²) in [7, 11) is 0. The molecule has 0 radical (unpaired) electrons. The molecule has 0 aromatic carbocycles. The normalized spacial score (nSPS) is 18.2. The van der Waals surface area contributed by atoms with Crippen LogP contribution in [-0.4, -0.2) is 31.3 Å². The van der Waals surface area contributed by atoms with Gasteiger partial charge in [-0.25, -0.2) is 0 Å². The van der Waals surface area contributed by atoms with Gasteiger partial charge in [-0.1, -0.05) is 0 Å². The van der Waals surface area contributed by atoms with Crippen LogP contribution in [0.15, 0.2) is 10.7 Å². The van der Waals surface area contributed by atoms with Crippen molar-refractivity contribution in [1.82, 2.24) is 4.98 Å². The van der Waals surface area contributed by atoms with E-state index in [4.69, 9.17) is 9.15 Å². The number of anilines is 1. The van der Waals surface area contributed by atoms with E-state index in [9.17, 15) is 0 Å². The van der Waals surface area contributed by atoms with Crippen LogP contribution in [0.2, 0.25) is 0 Å². The smallest absolute Gasteiger partial charge is 0.297 e. The van der Waals surface area contributed by atoms with Crippen LogP contribution in [0.25, 0.3) is 0 Å². The van der Waals surface area contributed by atoms with Gasteiger partial charge in [0.2, 0.25) is 0 Å². The zero-order chi connectivity index (χ0) is 8.39. The summed E-state index contributed by atoms with van der Waals surface area (Å²) < 4.78 is 10.5. The first-order chi connectivity index (χ1) is 5.86. The Kier molecular flexibility index (Phi) is 1.99. The lowest BCUT2D eigenvalue weighted by atomic mass is 10.4. The van der Waals surface area contributed by atoms with Crippen LogP contribution in [0.3, 0.4) is 0 Å². The quantitative estimate of drug-likeness (QED) is 0.622. The minimum absolute atomic E-state index is 0.718. The molecule has 1 aromatic heterocycles. The first-order valence-electron chi connectivity index (χ1n) is 4.11. The van der Waals surface area contributed by atoms with Crippen molar-refractivity contribution in [2.45, 2.75) is 6.92 Å². The Balaban J connectivity index is 2.08. The third kappa shape index (κ3) is 1.43. The monoisotopic (exact) mass is 168 g/mol. The maximum absolute atomic E-state index is 5.26. The molecular formula is C8H12N2O2. The van der Waals surface area contributed by atoms with E-state index in [-0.39, 0.29) is 0 Å². The number of morpholine rings is 1. The van der Waals surface area contributed by atoms with Gasteiger partial charge in [0, 0.05) is 13.1 Å². The molecule has 0 atom stereocenters. The highest BCUT2D eigenvalue weighted by Crippen LogP contribution is 2.13. The van der Waals surface area contributed by atoms with Crippen molar-refractivity contribution in [3.05, 3.63) is 12.0 Å². The topological polar surface area (TPSA) is 38.5 Å². The molecule has 1 fully saturated rings. The number of rotatable bonds is 1. The fourth-order valence-electron chi connectivity index (χ4n) is 1.24. The Morgan fingerprint density at radius 2 is 2.17 bits per heavy atom. The molecule has 1 aromatic rings. The number of hydrogen-bond donors (Lipinski definition) is 0. The molecule has 66 valence electrons. The van der Waals surface area contributed by atoms with Crippen LogP contribution < -0.4 is 4.90 Å². The predicted octanol–water partition coefficient (Wildman–Crippen LogP) is 0.820. The molecule has 4 nitrogen and oxygen atoms in total. The summed E-state index contributed by atoms with van der Waals surface area (Å²) in [4.78, 5) is 6.33. The van der Waals surface area contributed by atoms with Crippen LogP contribution in [0.5, 0.6) is 0 Å². The molecule has 4 heteroatoms. The van der Waals surface area contributed by atoms with Gasteiger partial charge in [0.15, 0.2) is 0 Å². The highest BCUT2D eigenvalue weighted by atomic mass is 16.5. The van der Waals surface area contributed by atoms with E-state index >= 15 is 0 Å². The fourth-order valence-corrected chi connectivity index (χ4v) is 1.24. The lowest BCUT2D eigenvalue weighted by molar-refractivity contribution is 0.120. The number of aromatic nitrogens is 1. The molecule has 0 unspecified atom stereocenters. The molecule has 0 spiro atoms. The number of nitrogens with zero attached hydrogens (tertiary/aromatic N) is 2. The van der Waals surface area contributed by atoms with Crippen LogP contribution in [0.1, 0.15) is 5.69 Å². The van der Waals surface area contributed by atoms with E-state index in [2.05, 4.69) is 9.88 Å². The van der Waals surface area contributed by atoms with E-state index in [0.717, 1.165) is 38.0 Å². The summed E-state index contributed by atoms with van der Waals surface area (Å²) in [5, 5.41) is 0. The Morgan fingerprint density at radius 3 is 2.75 bits per heavy atom. The minimum Gasteiger partial charge on any atom is -0.432 e. The van der Waals surface area contributed by atoms with E-state index in [1.807, 2.05) is 6.92 Å². The lowest BCUT2D eigenvalue weighted by Gasteiger charge is -2.24. The molecule has 0 aliphatic carbocycles. The van der Waals surface area contributed by atoms with Gasteiger partial charge in [0.1, 0.15) is 6.26 Å². The standard InChI is InChI=1S/C8H12N2O2/c1-7-6-12-8(9-7)10-2-4-11-5-3-10/h6H,2-5H2,1H3. The maximum atomic E-state index is 5.26. The zero-order valence-electron chi connectivity index (χ0n) is 7.12. The van der Waals surface area contributed by atoms with Gasteiger partial charge in [-0.2, -0.15) is 4.98 Å². The van der Waals surface area contributed by atoms with E-state index in [1.54, 1.807) is 6.26 Å². The summed E-state index contributed by atoms with van der Waals surface area (Å²) in [5.74, 6) is 0. The number of hydrogen-bond acceptors (Lipinski definition) is 4. The average molecular weight is 168 g/mol. The van der Waals surface area contributed by atoms with Crippen molar-refractivity contribution < 1.29 is 9.15 Å². The van der Waals surface area contributed by atoms with Crippen molar-refractivity contribution >= 4 is 6.01 Å². The van der Waals surface area contributed by atoms with Gasteiger partial charge in [-0.3, -0.25) is 0 Å². The molecule has 0 N–H and O–H groups in total. The lowest BCUT2D eigenvalue weighted by Crippen LogP contribution is -2.36. The summed E-state index contributed by atoms with van der Waals surface area (Å²) in [6, 6.07) is 0.718. The van der Waals surface area contributed by atoms with Gasteiger partial charge in [0.25, 0.3) is 6.01 Å². The van der Waals surface area contributed by atoms with Crippen molar-refractivity contribution in [1.29, 1.82) is 0 Å². The summed E-state index contributed by atoms with van der Waals surface area (Å²) >= 11 is 0. The van der Waals surface area contributed by atoms with Gasteiger partial charge in [-0.05, 0) is 6.92 Å². The minimum atomic E-state index is 0.718. The largest absolute Gasteiger partial charge is 0.432 e. The molecule has 0 amide bonds. The third-order valence-corrected chi connectivity index (χ3v) is 1.89. The van der Waals surface area contributed by atoms with Gasteiger partial charge < -0.3 is 14.1 Å². The Bertz CT molecular complexity index is 253. The van der Waals surface area contributed by atoms with E-state index < -0.39 is 0 Å². The molecule has 0 bridgehead atoms. The summed E-state index contributed by atoms with van der Waals surface area (Å²) in [5.41, 5.74) is 0.927. The van der Waals surface area contributed by atoms with Crippen molar-refractivity contribution in [2.24, 2.45) is 0 Å². The highest BCUT2D eigenvalue weighted by molar-refractivity contribution is 5.26. The second-order valence-corrected chi connectivity index (χ2v) is 2.87. The molecular weight excluding hydrogens is 156 g/mol. The zero-order valence-corrected chi connectivity index (χ0v) is 7.12. The van der Waals surface area contributed by atoms with E-state index in [1.165, 1.54) is 0 Å². The SMILES string of the molecule is Cc1coc(N2CCOCC2)n1. The fraction of sp³-hybridized carbons (Fsp3) is 0.625. The average Bonchev–Trinajstić information content (AvgIpc) is 2.54. The second kappa shape index (κ2) is 3.15. The Labute approximate surface area is 71.1 Å². The summed E-state index contributed by atoms with van der Waals surface area (Å²) in [6.07, 6.45) is 1.67. The Hall–Kier alpha value is -1.03. The summed E-state index contributed by atoms with van der Waals surface area (Å²) in [6.45, 7) is 5.20. The number of aryl methyl sites for hydroxylation is 1. The highest BCUT2D eigenvalue weighted by Gasteiger charge is 2.14. The predicted molar refractivity (Wildman–Crippen MR) is 44.3 cm³/mol. The van der Waals surface area contributed by atoms with Gasteiger partial charge in [-0.15, -0.1) is 0 Å². The van der Waals surface area contributed by atoms with Crippen LogP contribution in [-0.2, 0) is 4.74 Å². The molecule has 1 aliphatic rings. The Morgan fingerprint density at radius 1 is 1.42 bits per heavy atom. The van der Waals surface area contributed by atoms with Crippen LogP contribution in [0, 0.1) is 6.92 Å². The van der Waals surface area contributed by atoms with Crippen LogP contribution in [0.4, 0.5) is 6.01 Å². The second-order valence-electron chi connectivity index (χ2n) is 2.87. The molecule has 1 saturated heterocycles. The van der Waals surface area contributed by atoms with Crippen molar-refractivity contribution in [3.63, 3.8) is 0 Å². The molecule has 2 heterocycles. The maximum Gasteiger partial charge on any atom is 0.297 e. The van der Waals surface area contributed by atoms with Crippen LogP contribution >= 0.6 is 0 Å². The van der Waals surface area contributed by atoms with Gasteiger partial charge in [0.05, 0.1) is 18.9 Å². The molecule has 0 saturated carbocycles. The number of oxazole rings is 1. The molecule has 1 aliphatic heterocycles. The first-order valence-corrected chi connectivity index (χ1v) is 4.11.